The van der Waals surface area contributed by atoms with Crippen LogP contribution in [0.3, 0.4) is 0 Å². The van der Waals surface area contributed by atoms with E-state index in [1.807, 2.05) is 0 Å². The smallest absolute Gasteiger partial charge is 0.449 e. The van der Waals surface area contributed by atoms with Crippen molar-refractivity contribution < 1.29 is 18.3 Å². The van der Waals surface area contributed by atoms with Crippen LogP contribution in [0.1, 0.15) is 0 Å². The lowest BCUT2D eigenvalue weighted by Crippen LogP contribution is -2.17. The van der Waals surface area contributed by atoms with Crippen LogP contribution in [0, 0.1) is 0 Å². The highest BCUT2D eigenvalue weighted by molar-refractivity contribution is 9.13. The normalized spacial score (nSPS) is 13.2. The van der Waals surface area contributed by atoms with E-state index in [0.29, 0.717) is 0 Å². The summed E-state index contributed by atoms with van der Waals surface area (Å²) in [6.45, 7) is 0. The van der Waals surface area contributed by atoms with E-state index in [0.717, 1.165) is 10.6 Å². The molecule has 0 amide bonds. The van der Waals surface area contributed by atoms with Gasteiger partial charge < -0.3 is 5.11 Å². The molecule has 0 aliphatic carbocycles. The molecule has 0 aromatic heterocycles. The summed E-state index contributed by atoms with van der Waals surface area (Å²) >= 11 is 2.96. The third kappa shape index (κ3) is 3.86. The lowest BCUT2D eigenvalue weighted by molar-refractivity contribution is -0.120. The SMILES string of the molecule is O/C(=C(/Br)P(c1ccccc1)c1ccccc1)C(F)(F)F. The molecule has 1 nitrogen and oxygen atoms in total. The highest BCUT2D eigenvalue weighted by atomic mass is 79.9. The van der Waals surface area contributed by atoms with Crippen LogP contribution < -0.4 is 10.6 Å². The minimum absolute atomic E-state index is 0.234. The number of hydrogen-bond donors (Lipinski definition) is 1. The zero-order chi connectivity index (χ0) is 15.5. The predicted octanol–water partition coefficient (Wildman–Crippen LogP) is 4.80. The van der Waals surface area contributed by atoms with Gasteiger partial charge in [-0.3, -0.25) is 0 Å². The summed E-state index contributed by atoms with van der Waals surface area (Å²) in [5.41, 5.74) is 0. The lowest BCUT2D eigenvalue weighted by Gasteiger charge is -2.20. The first-order valence-electron chi connectivity index (χ1n) is 5.97. The molecule has 0 unspecified atom stereocenters. The van der Waals surface area contributed by atoms with Gasteiger partial charge >= 0.3 is 6.18 Å². The third-order valence-corrected chi connectivity index (χ3v) is 6.36. The van der Waals surface area contributed by atoms with Crippen molar-refractivity contribution in [3.05, 3.63) is 70.6 Å². The topological polar surface area (TPSA) is 20.2 Å². The van der Waals surface area contributed by atoms with Crippen molar-refractivity contribution in [1.82, 2.24) is 0 Å². The monoisotopic (exact) mass is 374 g/mol. The maximum absolute atomic E-state index is 12.8. The molecule has 0 aliphatic heterocycles. The summed E-state index contributed by atoms with van der Waals surface area (Å²) in [5, 5.41) is 10.9. The molecule has 0 saturated heterocycles. The maximum atomic E-state index is 12.8. The summed E-state index contributed by atoms with van der Waals surface area (Å²) in [4.78, 5) is 0. The van der Waals surface area contributed by atoms with E-state index in [1.165, 1.54) is 0 Å². The van der Waals surface area contributed by atoms with Crippen molar-refractivity contribution in [3.63, 3.8) is 0 Å². The number of benzene rings is 2. The highest BCUT2D eigenvalue weighted by Gasteiger charge is 2.38. The Labute approximate surface area is 130 Å². The molecule has 110 valence electrons. The maximum Gasteiger partial charge on any atom is 0.449 e. The minimum atomic E-state index is -4.77. The molecule has 2 rings (SSSR count). The van der Waals surface area contributed by atoms with Crippen molar-refractivity contribution in [3.8, 4) is 0 Å². The molecule has 0 aliphatic rings. The molecule has 1 N–H and O–H groups in total. The first kappa shape index (κ1) is 16.1. The van der Waals surface area contributed by atoms with Crippen molar-refractivity contribution in [2.45, 2.75) is 6.18 Å². The Bertz CT molecular complexity index is 587. The van der Waals surface area contributed by atoms with E-state index in [4.69, 9.17) is 0 Å². The van der Waals surface area contributed by atoms with E-state index < -0.39 is 19.9 Å². The summed E-state index contributed by atoms with van der Waals surface area (Å²) in [6.07, 6.45) is -4.77. The van der Waals surface area contributed by atoms with E-state index >= 15 is 0 Å². The Morgan fingerprint density at radius 1 is 0.857 bits per heavy atom. The van der Waals surface area contributed by atoms with Crippen LogP contribution in [0.25, 0.3) is 0 Å². The van der Waals surface area contributed by atoms with Gasteiger partial charge in [-0.2, -0.15) is 13.2 Å². The van der Waals surface area contributed by atoms with Gasteiger partial charge in [-0.1, -0.05) is 60.7 Å². The molecule has 0 saturated carbocycles. The van der Waals surface area contributed by atoms with E-state index in [9.17, 15) is 18.3 Å². The van der Waals surface area contributed by atoms with Crippen LogP contribution in [0.5, 0.6) is 0 Å². The van der Waals surface area contributed by atoms with Gasteiger partial charge in [-0.05, 0) is 34.5 Å². The Morgan fingerprint density at radius 3 is 1.57 bits per heavy atom. The summed E-state index contributed by atoms with van der Waals surface area (Å²) in [6, 6.07) is 17.7. The Morgan fingerprint density at radius 2 is 1.24 bits per heavy atom. The molecule has 0 atom stereocenters. The lowest BCUT2D eigenvalue weighted by atomic mass is 10.4. The predicted molar refractivity (Wildman–Crippen MR) is 83.7 cm³/mol. The molecular formula is C15H11BrF3OP. The van der Waals surface area contributed by atoms with Crippen LogP contribution in [0.4, 0.5) is 13.2 Å². The zero-order valence-corrected chi connectivity index (χ0v) is 13.2. The Kier molecular flexibility index (Phi) is 5.07. The fourth-order valence-electron chi connectivity index (χ4n) is 1.75. The van der Waals surface area contributed by atoms with Gasteiger partial charge in [0.25, 0.3) is 0 Å². The number of allylic oxidation sites excluding steroid dienone is 1. The number of aliphatic hydroxyl groups excluding tert-OH is 1. The van der Waals surface area contributed by atoms with E-state index in [2.05, 4.69) is 15.9 Å². The third-order valence-electron chi connectivity index (χ3n) is 2.69. The molecule has 0 heterocycles. The molecule has 21 heavy (non-hydrogen) atoms. The van der Waals surface area contributed by atoms with Gasteiger partial charge in [0.1, 0.15) is 0 Å². The van der Waals surface area contributed by atoms with Crippen molar-refractivity contribution in [2.75, 3.05) is 0 Å². The molecule has 2 aromatic carbocycles. The molecule has 0 spiro atoms. The van der Waals surface area contributed by atoms with Gasteiger partial charge in [0.15, 0.2) is 0 Å². The fourth-order valence-corrected chi connectivity index (χ4v) is 5.24. The van der Waals surface area contributed by atoms with Gasteiger partial charge in [-0.25, -0.2) is 0 Å². The number of aliphatic hydroxyl groups is 1. The van der Waals surface area contributed by atoms with Gasteiger partial charge in [0, 0.05) is 0 Å². The van der Waals surface area contributed by atoms with Gasteiger partial charge in [0.05, 0.1) is 4.22 Å². The molecule has 0 fully saturated rings. The van der Waals surface area contributed by atoms with Crippen molar-refractivity contribution >= 4 is 34.5 Å². The van der Waals surface area contributed by atoms with Crippen LogP contribution in [-0.4, -0.2) is 11.3 Å². The Hall–Kier alpha value is -1.32. The van der Waals surface area contributed by atoms with E-state index in [-0.39, 0.29) is 4.22 Å². The number of halogens is 4. The van der Waals surface area contributed by atoms with Gasteiger partial charge in [0.2, 0.25) is 5.76 Å². The second-order valence-corrected chi connectivity index (χ2v) is 7.70. The van der Waals surface area contributed by atoms with Crippen LogP contribution in [0.15, 0.2) is 70.6 Å². The quantitative estimate of drug-likeness (QED) is 0.604. The average Bonchev–Trinajstić information content (AvgIpc) is 2.48. The van der Waals surface area contributed by atoms with Crippen molar-refractivity contribution in [2.24, 2.45) is 0 Å². The average molecular weight is 375 g/mol. The second-order valence-electron chi connectivity index (χ2n) is 4.14. The fraction of sp³-hybridized carbons (Fsp3) is 0.0667. The Balaban J connectivity index is 2.58. The first-order valence-corrected chi connectivity index (χ1v) is 8.11. The standard InChI is InChI=1S/C15H11BrF3OP/c16-14(13(20)15(17,18)19)21(11-7-3-1-4-8-11)12-9-5-2-6-10-12/h1-10,20H/b14-13-. The molecule has 0 radical (unpaired) electrons. The van der Waals surface area contributed by atoms with Crippen LogP contribution >= 0.6 is 23.9 Å². The highest BCUT2D eigenvalue weighted by Crippen LogP contribution is 2.50. The van der Waals surface area contributed by atoms with Crippen LogP contribution in [-0.2, 0) is 0 Å². The molecule has 0 bridgehead atoms. The minimum Gasteiger partial charge on any atom is -0.503 e. The van der Waals surface area contributed by atoms with Gasteiger partial charge in [-0.15, -0.1) is 0 Å². The first-order chi connectivity index (χ1) is 9.91. The summed E-state index contributed by atoms with van der Waals surface area (Å²) in [7, 11) is -1.49. The zero-order valence-electron chi connectivity index (χ0n) is 10.7. The van der Waals surface area contributed by atoms with Crippen molar-refractivity contribution in [1.29, 1.82) is 0 Å². The molecule has 6 heteroatoms. The molecular weight excluding hydrogens is 364 g/mol. The molecule has 2 aromatic rings. The summed E-state index contributed by atoms with van der Waals surface area (Å²) < 4.78 is 38.1. The number of hydrogen-bond acceptors (Lipinski definition) is 1. The second kappa shape index (κ2) is 6.63. The van der Waals surface area contributed by atoms with Crippen LogP contribution in [0.2, 0.25) is 0 Å². The largest absolute Gasteiger partial charge is 0.503 e. The number of rotatable bonds is 3. The number of alkyl halides is 3. The van der Waals surface area contributed by atoms with E-state index in [1.54, 1.807) is 60.7 Å². The summed E-state index contributed by atoms with van der Waals surface area (Å²) in [5.74, 6) is -1.58.